The summed E-state index contributed by atoms with van der Waals surface area (Å²) >= 11 is 1.38. The van der Waals surface area contributed by atoms with Crippen LogP contribution in [0.4, 0.5) is 5.69 Å². The number of nitrogens with zero attached hydrogens (tertiary/aromatic N) is 4. The largest absolute Gasteiger partial charge is 0.326 e. The zero-order chi connectivity index (χ0) is 21.8. The van der Waals surface area contributed by atoms with Crippen molar-refractivity contribution in [1.29, 1.82) is 0 Å². The number of carbonyl (C=O) groups is 1. The number of thioether (sulfide) groups is 1. The Morgan fingerprint density at radius 2 is 2.13 bits per heavy atom. The molecule has 0 unspecified atom stereocenters. The van der Waals surface area contributed by atoms with E-state index in [0.29, 0.717) is 28.5 Å². The van der Waals surface area contributed by atoms with E-state index in [2.05, 4.69) is 30.0 Å². The third kappa shape index (κ3) is 4.87. The Bertz CT molecular complexity index is 1150. The maximum absolute atomic E-state index is 12.5. The average molecular weight is 439 g/mol. The van der Waals surface area contributed by atoms with E-state index >= 15 is 0 Å². The van der Waals surface area contributed by atoms with E-state index in [9.17, 15) is 9.59 Å². The van der Waals surface area contributed by atoms with E-state index in [1.54, 1.807) is 6.92 Å². The Kier molecular flexibility index (Phi) is 6.50. The number of aryl methyl sites for hydroxylation is 2. The molecule has 8 nitrogen and oxygen atoms in total. The first-order valence-corrected chi connectivity index (χ1v) is 11.7. The predicted molar refractivity (Wildman–Crippen MR) is 121 cm³/mol. The number of hydrogen-bond donors (Lipinski definition) is 2. The highest BCUT2D eigenvalue weighted by Crippen LogP contribution is 2.25. The normalized spacial score (nSPS) is 13.5. The van der Waals surface area contributed by atoms with Crippen LogP contribution in [0, 0.1) is 6.92 Å². The molecule has 0 saturated carbocycles. The fourth-order valence-electron chi connectivity index (χ4n) is 3.87. The number of H-pyrrole nitrogens is 1. The summed E-state index contributed by atoms with van der Waals surface area (Å²) in [5.41, 5.74) is 2.67. The quantitative estimate of drug-likeness (QED) is 0.452. The number of hydrogen-bond acceptors (Lipinski definition) is 6. The molecule has 0 aliphatic carbocycles. The highest BCUT2D eigenvalue weighted by molar-refractivity contribution is 7.98. The Balaban J connectivity index is 1.45. The zero-order valence-electron chi connectivity index (χ0n) is 17.8. The zero-order valence-corrected chi connectivity index (χ0v) is 18.6. The van der Waals surface area contributed by atoms with Crippen molar-refractivity contribution in [2.75, 3.05) is 11.6 Å². The van der Waals surface area contributed by atoms with Crippen molar-refractivity contribution in [3.05, 3.63) is 51.7 Å². The summed E-state index contributed by atoms with van der Waals surface area (Å²) in [6.45, 7) is 2.72. The van der Waals surface area contributed by atoms with Crippen molar-refractivity contribution in [3.63, 3.8) is 0 Å². The molecule has 0 bridgehead atoms. The first-order valence-electron chi connectivity index (χ1n) is 10.5. The first kappa shape index (κ1) is 21.3. The minimum atomic E-state index is -0.181. The number of anilines is 1. The van der Waals surface area contributed by atoms with Crippen LogP contribution in [0.2, 0.25) is 0 Å². The molecule has 162 valence electrons. The van der Waals surface area contributed by atoms with Gasteiger partial charge in [0.2, 0.25) is 5.91 Å². The second kappa shape index (κ2) is 9.47. The van der Waals surface area contributed by atoms with Crippen LogP contribution < -0.4 is 10.9 Å². The standard InChI is InChI=1S/C22H26N6O2S/c1-14-17(21(30)25-22(23-14)31-2)10-11-19(29)24-16-8-6-7-15(13-16)20-27-26-18-9-4-3-5-12-28(18)20/h6-8,13H,3-5,9-12H2,1-2H3,(H,24,29)(H,23,25,30). The molecule has 0 saturated heterocycles. The van der Waals surface area contributed by atoms with E-state index in [1.165, 1.54) is 18.2 Å². The molecule has 1 aliphatic rings. The van der Waals surface area contributed by atoms with E-state index < -0.39 is 0 Å². The molecule has 1 aromatic carbocycles. The van der Waals surface area contributed by atoms with Crippen LogP contribution in [0.25, 0.3) is 11.4 Å². The van der Waals surface area contributed by atoms with Crippen molar-refractivity contribution < 1.29 is 4.79 Å². The molecule has 0 radical (unpaired) electrons. The van der Waals surface area contributed by atoms with Crippen LogP contribution in [0.15, 0.2) is 34.2 Å². The molecular formula is C22H26N6O2S. The van der Waals surface area contributed by atoms with Crippen LogP contribution in [0.5, 0.6) is 0 Å². The van der Waals surface area contributed by atoms with E-state index in [1.807, 2.05) is 30.5 Å². The van der Waals surface area contributed by atoms with Crippen LogP contribution >= 0.6 is 11.8 Å². The fraction of sp³-hybridized carbons (Fsp3) is 0.409. The van der Waals surface area contributed by atoms with E-state index in [4.69, 9.17) is 0 Å². The number of aromatic amines is 1. The monoisotopic (exact) mass is 438 g/mol. The number of nitrogens with one attached hydrogen (secondary N) is 2. The smallest absolute Gasteiger partial charge is 0.254 e. The van der Waals surface area contributed by atoms with Gasteiger partial charge in [0.05, 0.1) is 0 Å². The Labute approximate surface area is 184 Å². The molecule has 31 heavy (non-hydrogen) atoms. The molecule has 2 N–H and O–H groups in total. The lowest BCUT2D eigenvalue weighted by atomic mass is 10.1. The summed E-state index contributed by atoms with van der Waals surface area (Å²) in [6, 6.07) is 7.67. The van der Waals surface area contributed by atoms with Gasteiger partial charge in [0.1, 0.15) is 5.82 Å². The molecule has 0 fully saturated rings. The third-order valence-corrected chi connectivity index (χ3v) is 6.09. The highest BCUT2D eigenvalue weighted by atomic mass is 32.2. The molecule has 1 aliphatic heterocycles. The van der Waals surface area contributed by atoms with Crippen LogP contribution in [-0.4, -0.2) is 36.9 Å². The van der Waals surface area contributed by atoms with Crippen LogP contribution in [-0.2, 0) is 24.2 Å². The lowest BCUT2D eigenvalue weighted by molar-refractivity contribution is -0.116. The lowest BCUT2D eigenvalue weighted by Gasteiger charge is -2.10. The number of benzene rings is 1. The van der Waals surface area contributed by atoms with Gasteiger partial charge in [0.15, 0.2) is 11.0 Å². The van der Waals surface area contributed by atoms with Gasteiger partial charge in [-0.1, -0.05) is 30.3 Å². The molecule has 3 heterocycles. The molecule has 2 aromatic heterocycles. The molecular weight excluding hydrogens is 412 g/mol. The Hall–Kier alpha value is -2.94. The maximum atomic E-state index is 12.5. The molecule has 3 aromatic rings. The molecule has 1 amide bonds. The summed E-state index contributed by atoms with van der Waals surface area (Å²) in [5.74, 6) is 1.73. The average Bonchev–Trinajstić information content (AvgIpc) is 3.01. The SMILES string of the molecule is CSc1nc(C)c(CCC(=O)Nc2cccc(-c3nnc4n3CCCCC4)c2)c(=O)[nH]1. The minimum Gasteiger partial charge on any atom is -0.326 e. The summed E-state index contributed by atoms with van der Waals surface area (Å²) in [7, 11) is 0. The van der Waals surface area contributed by atoms with Gasteiger partial charge in [-0.15, -0.1) is 10.2 Å². The number of fused-ring (bicyclic) bond motifs is 1. The summed E-state index contributed by atoms with van der Waals surface area (Å²) in [5, 5.41) is 12.3. The van der Waals surface area contributed by atoms with Gasteiger partial charge in [-0.3, -0.25) is 9.59 Å². The van der Waals surface area contributed by atoms with Gasteiger partial charge in [0.25, 0.3) is 5.56 Å². The molecule has 9 heteroatoms. The van der Waals surface area contributed by atoms with E-state index in [-0.39, 0.29) is 17.9 Å². The second-order valence-corrected chi connectivity index (χ2v) is 8.47. The lowest BCUT2D eigenvalue weighted by Crippen LogP contribution is -2.20. The van der Waals surface area contributed by atoms with Crippen LogP contribution in [0.3, 0.4) is 0 Å². The van der Waals surface area contributed by atoms with Crippen molar-refractivity contribution in [2.24, 2.45) is 0 Å². The molecule has 4 rings (SSSR count). The Morgan fingerprint density at radius 1 is 1.26 bits per heavy atom. The number of rotatable bonds is 6. The molecule has 0 atom stereocenters. The third-order valence-electron chi connectivity index (χ3n) is 5.51. The molecule has 0 spiro atoms. The maximum Gasteiger partial charge on any atom is 0.254 e. The topological polar surface area (TPSA) is 106 Å². The number of amides is 1. The summed E-state index contributed by atoms with van der Waals surface area (Å²) in [4.78, 5) is 31.9. The van der Waals surface area contributed by atoms with E-state index in [0.717, 1.165) is 43.0 Å². The summed E-state index contributed by atoms with van der Waals surface area (Å²) < 4.78 is 2.19. The first-order chi connectivity index (χ1) is 15.0. The van der Waals surface area contributed by atoms with Gasteiger partial charge >= 0.3 is 0 Å². The van der Waals surface area contributed by atoms with Gasteiger partial charge < -0.3 is 14.9 Å². The highest BCUT2D eigenvalue weighted by Gasteiger charge is 2.16. The fourth-order valence-corrected chi connectivity index (χ4v) is 4.30. The van der Waals surface area contributed by atoms with Gasteiger partial charge in [-0.2, -0.15) is 0 Å². The van der Waals surface area contributed by atoms with Crippen molar-refractivity contribution >= 4 is 23.4 Å². The van der Waals surface area contributed by atoms with Gasteiger partial charge in [-0.25, -0.2) is 4.98 Å². The number of carbonyl (C=O) groups excluding carboxylic acids is 1. The van der Waals surface area contributed by atoms with Gasteiger partial charge in [0, 0.05) is 41.9 Å². The van der Waals surface area contributed by atoms with Gasteiger partial charge in [-0.05, 0) is 44.6 Å². The minimum absolute atomic E-state index is 0.148. The Morgan fingerprint density at radius 3 is 2.94 bits per heavy atom. The second-order valence-electron chi connectivity index (χ2n) is 7.67. The van der Waals surface area contributed by atoms with Crippen molar-refractivity contribution in [3.8, 4) is 11.4 Å². The number of aromatic nitrogens is 5. The van der Waals surface area contributed by atoms with Crippen molar-refractivity contribution in [2.45, 2.75) is 57.1 Å². The predicted octanol–water partition coefficient (Wildman–Crippen LogP) is 3.36. The van der Waals surface area contributed by atoms with Crippen LogP contribution in [0.1, 0.15) is 42.8 Å². The van der Waals surface area contributed by atoms with Crippen molar-refractivity contribution in [1.82, 2.24) is 24.7 Å². The summed E-state index contributed by atoms with van der Waals surface area (Å²) in [6.07, 6.45) is 6.83.